The van der Waals surface area contributed by atoms with Gasteiger partial charge in [-0.05, 0) is 54.8 Å². The molecule has 7 nitrogen and oxygen atoms in total. The van der Waals surface area contributed by atoms with E-state index in [2.05, 4.69) is 15.0 Å². The number of aromatic nitrogens is 4. The Morgan fingerprint density at radius 3 is 2.90 bits per heavy atom. The lowest BCUT2D eigenvalue weighted by molar-refractivity contribution is 0.198. The molecule has 2 aromatic heterocycles. The minimum Gasteiger partial charge on any atom is -0.493 e. The number of benzene rings is 2. The second-order valence-electron chi connectivity index (χ2n) is 7.41. The molecule has 5 rings (SSSR count). The Labute approximate surface area is 167 Å². The van der Waals surface area contributed by atoms with Gasteiger partial charge in [0.1, 0.15) is 11.6 Å². The van der Waals surface area contributed by atoms with Gasteiger partial charge in [0, 0.05) is 11.8 Å². The lowest BCUT2D eigenvalue weighted by Crippen LogP contribution is -2.20. The molecule has 1 aliphatic rings. The van der Waals surface area contributed by atoms with E-state index in [0.717, 1.165) is 51.4 Å². The number of H-pyrrole nitrogens is 1. The van der Waals surface area contributed by atoms with Crippen LogP contribution in [0.1, 0.15) is 35.9 Å². The Hall–Kier alpha value is -3.45. The molecule has 0 saturated heterocycles. The van der Waals surface area contributed by atoms with Gasteiger partial charge in [-0.25, -0.2) is 15.0 Å². The fourth-order valence-electron chi connectivity index (χ4n) is 3.76. The number of nitrogens with one attached hydrogen (secondary N) is 1. The van der Waals surface area contributed by atoms with Crippen LogP contribution < -0.4 is 10.5 Å². The molecule has 0 spiro atoms. The van der Waals surface area contributed by atoms with E-state index in [0.29, 0.717) is 6.61 Å². The van der Waals surface area contributed by atoms with E-state index in [-0.39, 0.29) is 11.9 Å². The average molecular weight is 387 g/mol. The number of aromatic amines is 1. The zero-order valence-electron chi connectivity index (χ0n) is 16.0. The molecule has 146 valence electrons. The monoisotopic (exact) mass is 387 g/mol. The standard InChI is InChI=1S/C22H21N5O2/c1-12(28)13-3-5-20-15(8-13)9-16(11-29-20)21-25-18-4-2-14(10-19(18)26-21)17-6-7-24-22(23)27-17/h2-8,10,12,16,28H,9,11H2,1H3,(H,25,26)(H2,23,24,27). The number of hydrogen-bond donors (Lipinski definition) is 3. The third-order valence-electron chi connectivity index (χ3n) is 5.33. The highest BCUT2D eigenvalue weighted by Gasteiger charge is 2.25. The van der Waals surface area contributed by atoms with Crippen LogP contribution in [0, 0.1) is 0 Å². The molecule has 1 aliphatic heterocycles. The first kappa shape index (κ1) is 17.6. The number of fused-ring (bicyclic) bond motifs is 2. The van der Waals surface area contributed by atoms with Crippen molar-refractivity contribution < 1.29 is 9.84 Å². The van der Waals surface area contributed by atoms with Gasteiger partial charge in [0.2, 0.25) is 5.95 Å². The summed E-state index contributed by atoms with van der Waals surface area (Å²) in [6.07, 6.45) is 1.96. The van der Waals surface area contributed by atoms with Crippen LogP contribution in [0.5, 0.6) is 5.75 Å². The second kappa shape index (κ2) is 6.86. The summed E-state index contributed by atoms with van der Waals surface area (Å²) >= 11 is 0. The van der Waals surface area contributed by atoms with Crippen LogP contribution >= 0.6 is 0 Å². The molecule has 0 amide bonds. The van der Waals surface area contributed by atoms with Crippen molar-refractivity contribution in [3.8, 4) is 17.0 Å². The molecular weight excluding hydrogens is 366 g/mol. The number of aliphatic hydroxyl groups excluding tert-OH is 1. The number of hydrogen-bond acceptors (Lipinski definition) is 6. The van der Waals surface area contributed by atoms with E-state index in [9.17, 15) is 5.11 Å². The van der Waals surface area contributed by atoms with Crippen LogP contribution in [0.2, 0.25) is 0 Å². The quantitative estimate of drug-likeness (QED) is 0.497. The Morgan fingerprint density at radius 2 is 2.07 bits per heavy atom. The zero-order chi connectivity index (χ0) is 20.0. The smallest absolute Gasteiger partial charge is 0.220 e. The minimum absolute atomic E-state index is 0.122. The van der Waals surface area contributed by atoms with Crippen molar-refractivity contribution >= 4 is 17.0 Å². The van der Waals surface area contributed by atoms with Gasteiger partial charge < -0.3 is 20.6 Å². The average Bonchev–Trinajstić information content (AvgIpc) is 3.16. The Balaban J connectivity index is 1.46. The van der Waals surface area contributed by atoms with Gasteiger partial charge in [-0.1, -0.05) is 12.1 Å². The summed E-state index contributed by atoms with van der Waals surface area (Å²) < 4.78 is 5.95. The molecule has 29 heavy (non-hydrogen) atoms. The molecule has 0 radical (unpaired) electrons. The SMILES string of the molecule is CC(O)c1ccc2c(c1)CC(c1nc3cc(-c4ccnc(N)n4)ccc3[nH]1)CO2. The first-order chi connectivity index (χ1) is 14.1. The van der Waals surface area contributed by atoms with Crippen LogP contribution in [0.3, 0.4) is 0 Å². The van der Waals surface area contributed by atoms with Crippen LogP contribution in [-0.4, -0.2) is 31.6 Å². The Morgan fingerprint density at radius 1 is 1.17 bits per heavy atom. The van der Waals surface area contributed by atoms with E-state index in [1.165, 1.54) is 0 Å². The third kappa shape index (κ3) is 3.30. The second-order valence-corrected chi connectivity index (χ2v) is 7.41. The molecule has 0 bridgehead atoms. The van der Waals surface area contributed by atoms with Crippen LogP contribution in [0.4, 0.5) is 5.95 Å². The lowest BCUT2D eigenvalue weighted by Gasteiger charge is -2.24. The minimum atomic E-state index is -0.499. The lowest BCUT2D eigenvalue weighted by atomic mass is 9.94. The summed E-state index contributed by atoms with van der Waals surface area (Å²) in [4.78, 5) is 16.5. The maximum absolute atomic E-state index is 9.86. The predicted octanol–water partition coefficient (Wildman–Crippen LogP) is 3.37. The highest BCUT2D eigenvalue weighted by Crippen LogP contribution is 2.34. The molecular formula is C22H21N5O2. The topological polar surface area (TPSA) is 110 Å². The molecule has 2 unspecified atom stereocenters. The molecule has 2 aromatic carbocycles. The first-order valence-corrected chi connectivity index (χ1v) is 9.59. The van der Waals surface area contributed by atoms with E-state index in [1.54, 1.807) is 13.1 Å². The van der Waals surface area contributed by atoms with E-state index >= 15 is 0 Å². The number of rotatable bonds is 3. The largest absolute Gasteiger partial charge is 0.493 e. The van der Waals surface area contributed by atoms with Crippen LogP contribution in [0.15, 0.2) is 48.7 Å². The van der Waals surface area contributed by atoms with Gasteiger partial charge in [-0.2, -0.15) is 0 Å². The summed E-state index contributed by atoms with van der Waals surface area (Å²) in [5, 5.41) is 9.86. The summed E-state index contributed by atoms with van der Waals surface area (Å²) in [6, 6.07) is 13.7. The van der Waals surface area contributed by atoms with Crippen molar-refractivity contribution in [2.75, 3.05) is 12.3 Å². The summed E-state index contributed by atoms with van der Waals surface area (Å²) in [7, 11) is 0. The van der Waals surface area contributed by atoms with Gasteiger partial charge in [-0.3, -0.25) is 0 Å². The molecule has 0 aliphatic carbocycles. The maximum atomic E-state index is 9.86. The van der Waals surface area contributed by atoms with Gasteiger partial charge in [0.25, 0.3) is 0 Å². The highest BCUT2D eigenvalue weighted by atomic mass is 16.5. The summed E-state index contributed by atoms with van der Waals surface area (Å²) in [6.45, 7) is 2.33. The Kier molecular flexibility index (Phi) is 4.17. The van der Waals surface area contributed by atoms with Crippen LogP contribution in [0.25, 0.3) is 22.3 Å². The molecule has 0 saturated carbocycles. The van der Waals surface area contributed by atoms with Crippen molar-refractivity contribution in [3.05, 3.63) is 65.6 Å². The molecule has 3 heterocycles. The summed E-state index contributed by atoms with van der Waals surface area (Å²) in [5.74, 6) is 2.15. The van der Waals surface area contributed by atoms with Crippen molar-refractivity contribution in [2.24, 2.45) is 0 Å². The number of nitrogens with zero attached hydrogens (tertiary/aromatic N) is 3. The van der Waals surface area contributed by atoms with E-state index in [1.807, 2.05) is 42.5 Å². The first-order valence-electron chi connectivity index (χ1n) is 9.59. The van der Waals surface area contributed by atoms with Crippen molar-refractivity contribution in [1.82, 2.24) is 19.9 Å². The zero-order valence-corrected chi connectivity index (χ0v) is 16.0. The normalized spacial score (nSPS) is 17.0. The number of anilines is 1. The fourth-order valence-corrected chi connectivity index (χ4v) is 3.76. The molecule has 0 fully saturated rings. The van der Waals surface area contributed by atoms with Gasteiger partial charge in [-0.15, -0.1) is 0 Å². The molecule has 2 atom stereocenters. The highest BCUT2D eigenvalue weighted by molar-refractivity contribution is 5.81. The third-order valence-corrected chi connectivity index (χ3v) is 5.33. The van der Waals surface area contributed by atoms with Gasteiger partial charge in [0.05, 0.1) is 35.4 Å². The maximum Gasteiger partial charge on any atom is 0.220 e. The number of nitrogens with two attached hydrogens (primary N) is 1. The van der Waals surface area contributed by atoms with Crippen molar-refractivity contribution in [1.29, 1.82) is 0 Å². The Bertz CT molecular complexity index is 1200. The number of ether oxygens (including phenoxy) is 1. The molecule has 4 aromatic rings. The molecule has 4 N–H and O–H groups in total. The van der Waals surface area contributed by atoms with Gasteiger partial charge in [0.15, 0.2) is 0 Å². The molecule has 7 heteroatoms. The van der Waals surface area contributed by atoms with E-state index < -0.39 is 6.10 Å². The van der Waals surface area contributed by atoms with E-state index in [4.69, 9.17) is 15.5 Å². The van der Waals surface area contributed by atoms with Crippen molar-refractivity contribution in [3.63, 3.8) is 0 Å². The van der Waals surface area contributed by atoms with Crippen molar-refractivity contribution in [2.45, 2.75) is 25.4 Å². The van der Waals surface area contributed by atoms with Crippen LogP contribution in [-0.2, 0) is 6.42 Å². The number of aliphatic hydroxyl groups is 1. The van der Waals surface area contributed by atoms with Gasteiger partial charge >= 0.3 is 0 Å². The summed E-state index contributed by atoms with van der Waals surface area (Å²) in [5.41, 5.74) is 11.2. The predicted molar refractivity (Wildman–Crippen MR) is 111 cm³/mol. The fraction of sp³-hybridized carbons (Fsp3) is 0.227. The number of nitrogen functional groups attached to an aromatic ring is 1. The number of imidazole rings is 1.